The molecule has 0 radical (unpaired) electrons. The van der Waals surface area contributed by atoms with Crippen LogP contribution in [0.25, 0.3) is 0 Å². The van der Waals surface area contributed by atoms with E-state index in [4.69, 9.17) is 23.1 Å². The molecule has 5 nitrogen and oxygen atoms in total. The third-order valence-corrected chi connectivity index (χ3v) is 2.34. The molecule has 0 fully saturated rings. The fraction of sp³-hybridized carbons (Fsp3) is 0.100. The molecule has 2 aromatic rings. The summed E-state index contributed by atoms with van der Waals surface area (Å²) < 4.78 is 0. The molecule has 0 aliphatic carbocycles. The van der Waals surface area contributed by atoms with Crippen molar-refractivity contribution in [2.45, 2.75) is 6.42 Å². The largest absolute Gasteiger partial charge is 0.382 e. The van der Waals surface area contributed by atoms with E-state index in [9.17, 15) is 0 Å². The molecule has 82 valence electrons. The smallest absolute Gasteiger partial charge is 0.242 e. The van der Waals surface area contributed by atoms with Crippen molar-refractivity contribution in [3.8, 4) is 0 Å². The van der Waals surface area contributed by atoms with Gasteiger partial charge in [0.25, 0.3) is 0 Å². The Labute approximate surface area is 97.5 Å². The molecule has 0 atom stereocenters. The van der Waals surface area contributed by atoms with Crippen molar-refractivity contribution in [1.29, 1.82) is 0 Å². The summed E-state index contributed by atoms with van der Waals surface area (Å²) in [7, 11) is 0. The first-order valence-corrected chi connectivity index (χ1v) is 5.02. The number of halogens is 1. The van der Waals surface area contributed by atoms with Crippen LogP contribution >= 0.6 is 11.6 Å². The van der Waals surface area contributed by atoms with Gasteiger partial charge in [-0.3, -0.25) is 0 Å². The summed E-state index contributed by atoms with van der Waals surface area (Å²) in [4.78, 5) is 3.84. The van der Waals surface area contributed by atoms with Crippen molar-refractivity contribution < 1.29 is 0 Å². The lowest BCUT2D eigenvalue weighted by Crippen LogP contribution is -2.07. The number of anilines is 2. The van der Waals surface area contributed by atoms with E-state index in [0.717, 1.165) is 5.56 Å². The van der Waals surface area contributed by atoms with Crippen LogP contribution in [0.1, 0.15) is 11.3 Å². The highest BCUT2D eigenvalue weighted by molar-refractivity contribution is 6.30. The molecule has 0 spiro atoms. The maximum absolute atomic E-state index is 5.79. The SMILES string of the molecule is Nc1nnc(Cc2ccc(Cl)cc2)c(N)n1. The number of nitrogen functional groups attached to an aromatic ring is 2. The van der Waals surface area contributed by atoms with Crippen molar-refractivity contribution in [2.75, 3.05) is 11.5 Å². The molecule has 6 heteroatoms. The average Bonchev–Trinajstić information content (AvgIpc) is 2.25. The van der Waals surface area contributed by atoms with Gasteiger partial charge in [-0.1, -0.05) is 23.7 Å². The number of hydrogen-bond donors (Lipinski definition) is 2. The highest BCUT2D eigenvalue weighted by atomic mass is 35.5. The van der Waals surface area contributed by atoms with Crippen LogP contribution in [0, 0.1) is 0 Å². The van der Waals surface area contributed by atoms with Crippen molar-refractivity contribution in [1.82, 2.24) is 15.2 Å². The van der Waals surface area contributed by atoms with E-state index in [1.807, 2.05) is 24.3 Å². The molecule has 0 saturated carbocycles. The first kappa shape index (κ1) is 10.6. The van der Waals surface area contributed by atoms with E-state index in [1.165, 1.54) is 0 Å². The number of nitrogens with zero attached hydrogens (tertiary/aromatic N) is 3. The first-order valence-electron chi connectivity index (χ1n) is 4.64. The summed E-state index contributed by atoms with van der Waals surface area (Å²) in [6.45, 7) is 0. The predicted molar refractivity (Wildman–Crippen MR) is 62.9 cm³/mol. The molecular weight excluding hydrogens is 226 g/mol. The van der Waals surface area contributed by atoms with Gasteiger partial charge in [0.05, 0.1) is 0 Å². The summed E-state index contributed by atoms with van der Waals surface area (Å²) in [5.74, 6) is 0.389. The Morgan fingerprint density at radius 3 is 2.38 bits per heavy atom. The lowest BCUT2D eigenvalue weighted by atomic mass is 10.1. The second kappa shape index (κ2) is 4.32. The molecule has 1 aromatic heterocycles. The Morgan fingerprint density at radius 2 is 1.75 bits per heavy atom. The summed E-state index contributed by atoms with van der Waals surface area (Å²) in [6.07, 6.45) is 0.559. The van der Waals surface area contributed by atoms with Crippen LogP contribution in [0.5, 0.6) is 0 Å². The summed E-state index contributed by atoms with van der Waals surface area (Å²) in [5, 5.41) is 8.26. The molecule has 2 rings (SSSR count). The normalized spacial score (nSPS) is 10.3. The van der Waals surface area contributed by atoms with Gasteiger partial charge in [-0.05, 0) is 17.7 Å². The second-order valence-electron chi connectivity index (χ2n) is 3.31. The first-order chi connectivity index (χ1) is 7.65. The van der Waals surface area contributed by atoms with Gasteiger partial charge in [0, 0.05) is 11.4 Å². The minimum atomic E-state index is 0.0809. The van der Waals surface area contributed by atoms with Gasteiger partial charge in [0.2, 0.25) is 5.95 Å². The topological polar surface area (TPSA) is 90.7 Å². The zero-order valence-electron chi connectivity index (χ0n) is 8.39. The zero-order chi connectivity index (χ0) is 11.5. The number of aromatic nitrogens is 3. The zero-order valence-corrected chi connectivity index (χ0v) is 9.15. The number of hydrogen-bond acceptors (Lipinski definition) is 5. The van der Waals surface area contributed by atoms with Gasteiger partial charge in [-0.2, -0.15) is 4.98 Å². The highest BCUT2D eigenvalue weighted by Gasteiger charge is 2.05. The van der Waals surface area contributed by atoms with Crippen LogP contribution in [0.15, 0.2) is 24.3 Å². The van der Waals surface area contributed by atoms with E-state index >= 15 is 0 Å². The van der Waals surface area contributed by atoms with Crippen molar-refractivity contribution in [3.05, 3.63) is 40.5 Å². The molecule has 16 heavy (non-hydrogen) atoms. The summed E-state index contributed by atoms with van der Waals surface area (Å²) >= 11 is 5.79. The van der Waals surface area contributed by atoms with Crippen molar-refractivity contribution in [2.24, 2.45) is 0 Å². The quantitative estimate of drug-likeness (QED) is 0.818. The predicted octanol–water partition coefficient (Wildman–Crippen LogP) is 1.28. The number of rotatable bonds is 2. The number of benzene rings is 1. The van der Waals surface area contributed by atoms with Gasteiger partial charge < -0.3 is 11.5 Å². The molecule has 1 heterocycles. The van der Waals surface area contributed by atoms with Crippen LogP contribution < -0.4 is 11.5 Å². The molecule has 1 aromatic carbocycles. The van der Waals surface area contributed by atoms with Gasteiger partial charge in [-0.25, -0.2) is 0 Å². The van der Waals surface area contributed by atoms with Gasteiger partial charge >= 0.3 is 0 Å². The van der Waals surface area contributed by atoms with Crippen LogP contribution in [-0.2, 0) is 6.42 Å². The Morgan fingerprint density at radius 1 is 1.06 bits per heavy atom. The molecule has 4 N–H and O–H groups in total. The summed E-state index contributed by atoms with van der Waals surface area (Å²) in [6, 6.07) is 7.43. The van der Waals surface area contributed by atoms with E-state index in [-0.39, 0.29) is 5.95 Å². The van der Waals surface area contributed by atoms with Crippen LogP contribution in [0.3, 0.4) is 0 Å². The van der Waals surface area contributed by atoms with E-state index < -0.39 is 0 Å². The van der Waals surface area contributed by atoms with E-state index in [2.05, 4.69) is 15.2 Å². The Bertz CT molecular complexity index is 497. The van der Waals surface area contributed by atoms with Gasteiger partial charge in [-0.15, -0.1) is 10.2 Å². The fourth-order valence-corrected chi connectivity index (χ4v) is 1.42. The van der Waals surface area contributed by atoms with E-state index in [0.29, 0.717) is 23.0 Å². The minimum absolute atomic E-state index is 0.0809. The van der Waals surface area contributed by atoms with Crippen LogP contribution in [0.2, 0.25) is 5.02 Å². The minimum Gasteiger partial charge on any atom is -0.382 e. The monoisotopic (exact) mass is 235 g/mol. The van der Waals surface area contributed by atoms with Gasteiger partial charge in [0.1, 0.15) is 5.69 Å². The molecule has 0 aliphatic rings. The maximum atomic E-state index is 5.79. The number of nitrogens with two attached hydrogens (primary N) is 2. The molecule has 0 unspecified atom stereocenters. The standard InChI is InChI=1S/C10H10ClN5/c11-7-3-1-6(2-4-7)5-8-9(12)14-10(13)16-15-8/h1-4H,5H2,(H4,12,13,14,16). The van der Waals surface area contributed by atoms with Gasteiger partial charge in [0.15, 0.2) is 5.82 Å². The van der Waals surface area contributed by atoms with Crippen LogP contribution in [0.4, 0.5) is 11.8 Å². The van der Waals surface area contributed by atoms with Crippen molar-refractivity contribution >= 4 is 23.4 Å². The van der Waals surface area contributed by atoms with Crippen LogP contribution in [-0.4, -0.2) is 15.2 Å². The Hall–Kier alpha value is -1.88. The molecule has 0 saturated heterocycles. The highest BCUT2D eigenvalue weighted by Crippen LogP contribution is 2.14. The second-order valence-corrected chi connectivity index (χ2v) is 3.74. The molecule has 0 bridgehead atoms. The summed E-state index contributed by atoms with van der Waals surface area (Å²) in [5.41, 5.74) is 12.7. The molecule has 0 aliphatic heterocycles. The third-order valence-electron chi connectivity index (χ3n) is 2.09. The lowest BCUT2D eigenvalue weighted by Gasteiger charge is -2.03. The molecule has 0 amide bonds. The molecular formula is C10H10ClN5. The lowest BCUT2D eigenvalue weighted by molar-refractivity contribution is 0.912. The van der Waals surface area contributed by atoms with E-state index in [1.54, 1.807) is 0 Å². The Balaban J connectivity index is 2.23. The fourth-order valence-electron chi connectivity index (χ4n) is 1.29. The maximum Gasteiger partial charge on any atom is 0.242 e. The third kappa shape index (κ3) is 2.38. The Kier molecular flexibility index (Phi) is 2.87. The average molecular weight is 236 g/mol. The van der Waals surface area contributed by atoms with Crippen molar-refractivity contribution in [3.63, 3.8) is 0 Å².